The molecule has 1 aliphatic rings. The molecule has 6 nitrogen and oxygen atoms in total. The molecular weight excluding hydrogens is 316 g/mol. The van der Waals surface area contributed by atoms with Crippen LogP contribution in [0.1, 0.15) is 13.3 Å². The normalized spacial score (nSPS) is 19.1. The zero-order chi connectivity index (χ0) is 16.7. The first kappa shape index (κ1) is 18.2. The maximum atomic E-state index is 12.6. The predicted octanol–water partition coefficient (Wildman–Crippen LogP) is 1.33. The molecule has 130 valence electrons. The molecule has 1 fully saturated rings. The molecular formula is C16H26N2O4S. The van der Waals surface area contributed by atoms with Gasteiger partial charge < -0.3 is 14.8 Å². The summed E-state index contributed by atoms with van der Waals surface area (Å²) in [5.41, 5.74) is 0. The minimum Gasteiger partial charge on any atom is -0.491 e. The van der Waals surface area contributed by atoms with E-state index in [9.17, 15) is 8.42 Å². The molecule has 0 radical (unpaired) electrons. The van der Waals surface area contributed by atoms with Gasteiger partial charge >= 0.3 is 0 Å². The number of nitrogens with zero attached hydrogens (tertiary/aromatic N) is 1. The molecule has 7 heteroatoms. The van der Waals surface area contributed by atoms with Crippen molar-refractivity contribution in [3.63, 3.8) is 0 Å². The maximum absolute atomic E-state index is 12.6. The Morgan fingerprint density at radius 1 is 1.26 bits per heavy atom. The van der Waals surface area contributed by atoms with Crippen molar-refractivity contribution in [2.24, 2.45) is 5.92 Å². The maximum Gasteiger partial charge on any atom is 0.243 e. The standard InChI is InChI=1S/C16H26N2O4S/c1-3-21-10-11-22-15-4-6-16(7-5-15)23(19,20)18-9-8-14(13-18)12-17-2/h4-7,14,17H,3,8-13H2,1-2H3. The Labute approximate surface area is 138 Å². The van der Waals surface area contributed by atoms with Crippen LogP contribution in [-0.4, -0.2) is 59.2 Å². The summed E-state index contributed by atoms with van der Waals surface area (Å²) >= 11 is 0. The van der Waals surface area contributed by atoms with Crippen molar-refractivity contribution in [1.29, 1.82) is 0 Å². The molecule has 0 amide bonds. The molecule has 1 saturated heterocycles. The van der Waals surface area contributed by atoms with Crippen LogP contribution in [0.25, 0.3) is 0 Å². The fraction of sp³-hybridized carbons (Fsp3) is 0.625. The molecule has 2 rings (SSSR count). The Kier molecular flexibility index (Phi) is 6.83. The zero-order valence-electron chi connectivity index (χ0n) is 13.8. The molecule has 1 heterocycles. The lowest BCUT2D eigenvalue weighted by Crippen LogP contribution is -2.30. The Morgan fingerprint density at radius 2 is 2.00 bits per heavy atom. The van der Waals surface area contributed by atoms with Gasteiger partial charge in [-0.1, -0.05) is 0 Å². The minimum absolute atomic E-state index is 0.319. The highest BCUT2D eigenvalue weighted by Gasteiger charge is 2.32. The van der Waals surface area contributed by atoms with Gasteiger partial charge in [0.25, 0.3) is 0 Å². The molecule has 1 unspecified atom stereocenters. The van der Waals surface area contributed by atoms with Gasteiger partial charge in [-0.15, -0.1) is 0 Å². The van der Waals surface area contributed by atoms with Crippen molar-refractivity contribution in [3.8, 4) is 5.75 Å². The highest BCUT2D eigenvalue weighted by atomic mass is 32.2. The lowest BCUT2D eigenvalue weighted by atomic mass is 10.1. The van der Waals surface area contributed by atoms with Crippen LogP contribution in [0.5, 0.6) is 5.75 Å². The first-order chi connectivity index (χ1) is 11.1. The van der Waals surface area contributed by atoms with Crippen LogP contribution in [0.15, 0.2) is 29.2 Å². The van der Waals surface area contributed by atoms with E-state index >= 15 is 0 Å². The highest BCUT2D eigenvalue weighted by molar-refractivity contribution is 7.89. The van der Waals surface area contributed by atoms with Gasteiger partial charge in [-0.3, -0.25) is 0 Å². The molecule has 0 spiro atoms. The third kappa shape index (κ3) is 4.91. The van der Waals surface area contributed by atoms with Crippen LogP contribution in [0.4, 0.5) is 0 Å². The number of hydrogen-bond donors (Lipinski definition) is 1. The second kappa shape index (κ2) is 8.63. The molecule has 0 bridgehead atoms. The minimum atomic E-state index is -3.41. The van der Waals surface area contributed by atoms with Crippen LogP contribution in [-0.2, 0) is 14.8 Å². The smallest absolute Gasteiger partial charge is 0.243 e. The van der Waals surface area contributed by atoms with E-state index in [1.165, 1.54) is 0 Å². The van der Waals surface area contributed by atoms with E-state index in [2.05, 4.69) is 5.32 Å². The van der Waals surface area contributed by atoms with Crippen LogP contribution in [0, 0.1) is 5.92 Å². The number of rotatable bonds is 9. The summed E-state index contributed by atoms with van der Waals surface area (Å²) in [6, 6.07) is 6.60. The number of benzene rings is 1. The highest BCUT2D eigenvalue weighted by Crippen LogP contribution is 2.25. The summed E-state index contributed by atoms with van der Waals surface area (Å²) in [6.45, 7) is 5.58. The van der Waals surface area contributed by atoms with Crippen LogP contribution in [0.2, 0.25) is 0 Å². The van der Waals surface area contributed by atoms with Crippen molar-refractivity contribution in [2.45, 2.75) is 18.2 Å². The fourth-order valence-corrected chi connectivity index (χ4v) is 4.22. The van der Waals surface area contributed by atoms with E-state index in [1.807, 2.05) is 14.0 Å². The molecule has 0 aromatic heterocycles. The molecule has 1 N–H and O–H groups in total. The first-order valence-electron chi connectivity index (χ1n) is 8.03. The van der Waals surface area contributed by atoms with E-state index in [4.69, 9.17) is 9.47 Å². The number of hydrogen-bond acceptors (Lipinski definition) is 5. The van der Waals surface area contributed by atoms with E-state index in [-0.39, 0.29) is 0 Å². The molecule has 0 saturated carbocycles. The van der Waals surface area contributed by atoms with E-state index in [0.29, 0.717) is 49.5 Å². The molecule has 23 heavy (non-hydrogen) atoms. The Morgan fingerprint density at radius 3 is 2.65 bits per heavy atom. The topological polar surface area (TPSA) is 67.9 Å². The van der Waals surface area contributed by atoms with Crippen molar-refractivity contribution in [1.82, 2.24) is 9.62 Å². The average molecular weight is 342 g/mol. The van der Waals surface area contributed by atoms with Crippen LogP contribution >= 0.6 is 0 Å². The first-order valence-corrected chi connectivity index (χ1v) is 9.47. The third-order valence-electron chi connectivity index (χ3n) is 3.90. The van der Waals surface area contributed by atoms with Gasteiger partial charge in [0.15, 0.2) is 0 Å². The van der Waals surface area contributed by atoms with Gasteiger partial charge in [0.05, 0.1) is 11.5 Å². The van der Waals surface area contributed by atoms with E-state index < -0.39 is 10.0 Å². The summed E-state index contributed by atoms with van der Waals surface area (Å²) in [5, 5.41) is 3.11. The molecule has 1 aromatic rings. The molecule has 0 aliphatic carbocycles. The Balaban J connectivity index is 1.95. The van der Waals surface area contributed by atoms with Crippen molar-refractivity contribution < 1.29 is 17.9 Å². The summed E-state index contributed by atoms with van der Waals surface area (Å²) in [7, 11) is -1.52. The van der Waals surface area contributed by atoms with Crippen molar-refractivity contribution >= 4 is 10.0 Å². The molecule has 1 aliphatic heterocycles. The number of nitrogens with one attached hydrogen (secondary N) is 1. The van der Waals surface area contributed by atoms with Gasteiger partial charge in [0, 0.05) is 19.7 Å². The van der Waals surface area contributed by atoms with Crippen molar-refractivity contribution in [3.05, 3.63) is 24.3 Å². The van der Waals surface area contributed by atoms with Gasteiger partial charge in [-0.05, 0) is 57.1 Å². The van der Waals surface area contributed by atoms with E-state index in [1.54, 1.807) is 28.6 Å². The summed E-state index contributed by atoms with van der Waals surface area (Å²) in [6.07, 6.45) is 0.901. The second-order valence-corrected chi connectivity index (χ2v) is 7.53. The Bertz CT molecular complexity index is 574. The van der Waals surface area contributed by atoms with Crippen LogP contribution < -0.4 is 10.1 Å². The lowest BCUT2D eigenvalue weighted by molar-refractivity contribution is 0.110. The Hall–Kier alpha value is -1.15. The SMILES string of the molecule is CCOCCOc1ccc(S(=O)(=O)N2CCC(CNC)C2)cc1. The third-order valence-corrected chi connectivity index (χ3v) is 5.78. The number of ether oxygens (including phenoxy) is 2. The zero-order valence-corrected chi connectivity index (χ0v) is 14.6. The predicted molar refractivity (Wildman–Crippen MR) is 89.2 cm³/mol. The lowest BCUT2D eigenvalue weighted by Gasteiger charge is -2.17. The van der Waals surface area contributed by atoms with Crippen LogP contribution in [0.3, 0.4) is 0 Å². The van der Waals surface area contributed by atoms with Crippen molar-refractivity contribution in [2.75, 3.05) is 46.5 Å². The van der Waals surface area contributed by atoms with Gasteiger partial charge in [-0.2, -0.15) is 4.31 Å². The summed E-state index contributed by atoms with van der Waals surface area (Å²) in [5.74, 6) is 1.04. The van der Waals surface area contributed by atoms with Gasteiger partial charge in [0.1, 0.15) is 12.4 Å². The van der Waals surface area contributed by atoms with Gasteiger partial charge in [-0.25, -0.2) is 8.42 Å². The average Bonchev–Trinajstić information content (AvgIpc) is 3.02. The number of sulfonamides is 1. The largest absolute Gasteiger partial charge is 0.491 e. The monoisotopic (exact) mass is 342 g/mol. The van der Waals surface area contributed by atoms with E-state index in [0.717, 1.165) is 13.0 Å². The fourth-order valence-electron chi connectivity index (χ4n) is 2.69. The molecule has 1 aromatic carbocycles. The second-order valence-electron chi connectivity index (χ2n) is 5.59. The molecule has 1 atom stereocenters. The summed E-state index contributed by atoms with van der Waals surface area (Å²) in [4.78, 5) is 0.319. The quantitative estimate of drug-likeness (QED) is 0.686. The summed E-state index contributed by atoms with van der Waals surface area (Å²) < 4.78 is 37.6. The van der Waals surface area contributed by atoms with Gasteiger partial charge in [0.2, 0.25) is 10.0 Å².